The Kier molecular flexibility index (Phi) is 3.51. The number of fused-ring (bicyclic) bond motifs is 2. The number of rotatable bonds is 0. The molecule has 104 valence electrons. The first-order valence-electron chi connectivity index (χ1n) is 8.15. The lowest BCUT2D eigenvalue weighted by molar-refractivity contribution is 1.30. The van der Waals surface area contributed by atoms with Crippen LogP contribution in [-0.4, -0.2) is 39.2 Å². The highest BCUT2D eigenvalue weighted by atomic mass is 14.1. The molecule has 0 N–H and O–H groups in total. The van der Waals surface area contributed by atoms with Crippen molar-refractivity contribution >= 4 is 88.1 Å². The standard InChI is InChI=1S/C17H21B5/c1-6-4-9-5-10-12(14(19)11(9)8(3)7(6)2)15(20)17(22)16(21)13(10)18/h4-5H,18-22H2,1-3H3. The number of hydrogen-bond acceptors (Lipinski definition) is 0. The van der Waals surface area contributed by atoms with Gasteiger partial charge in [-0.1, -0.05) is 22.5 Å². The van der Waals surface area contributed by atoms with E-state index in [2.05, 4.69) is 72.1 Å². The van der Waals surface area contributed by atoms with E-state index in [1.165, 1.54) is 65.5 Å². The lowest BCUT2D eigenvalue weighted by Gasteiger charge is -2.21. The third-order valence-electron chi connectivity index (χ3n) is 5.98. The molecule has 0 amide bonds. The van der Waals surface area contributed by atoms with Crippen LogP contribution in [0.2, 0.25) is 0 Å². The molecule has 0 aromatic heterocycles. The van der Waals surface area contributed by atoms with Crippen molar-refractivity contribution in [1.82, 2.24) is 0 Å². The van der Waals surface area contributed by atoms with Gasteiger partial charge < -0.3 is 0 Å². The van der Waals surface area contributed by atoms with Gasteiger partial charge in [0.15, 0.2) is 0 Å². The summed E-state index contributed by atoms with van der Waals surface area (Å²) in [6.45, 7) is 6.73. The average Bonchev–Trinajstić information content (AvgIpc) is 2.48. The minimum Gasteiger partial charge on any atom is -0.101 e. The summed E-state index contributed by atoms with van der Waals surface area (Å²) in [5.41, 5.74) is 11.4. The second-order valence-electron chi connectivity index (χ2n) is 6.97. The number of hydrogen-bond donors (Lipinski definition) is 0. The Morgan fingerprint density at radius 2 is 1.18 bits per heavy atom. The van der Waals surface area contributed by atoms with Crippen LogP contribution in [0.5, 0.6) is 0 Å². The van der Waals surface area contributed by atoms with Crippen LogP contribution < -0.4 is 27.3 Å². The molecule has 22 heavy (non-hydrogen) atoms. The van der Waals surface area contributed by atoms with Crippen LogP contribution in [-0.2, 0) is 0 Å². The molecule has 0 saturated heterocycles. The Morgan fingerprint density at radius 3 is 1.82 bits per heavy atom. The Morgan fingerprint density at radius 1 is 0.591 bits per heavy atom. The Hall–Kier alpha value is -1.50. The van der Waals surface area contributed by atoms with Crippen molar-refractivity contribution in [2.45, 2.75) is 20.8 Å². The van der Waals surface area contributed by atoms with Crippen molar-refractivity contribution in [3.63, 3.8) is 0 Å². The van der Waals surface area contributed by atoms with Gasteiger partial charge in [0, 0.05) is 0 Å². The highest BCUT2D eigenvalue weighted by Gasteiger charge is 2.14. The molecule has 0 radical (unpaired) electrons. The zero-order valence-corrected chi connectivity index (χ0v) is 15.2. The molecule has 5 heteroatoms. The molecular formula is C17H21B5. The van der Waals surface area contributed by atoms with E-state index in [1.807, 2.05) is 0 Å². The zero-order valence-electron chi connectivity index (χ0n) is 15.2. The topological polar surface area (TPSA) is 0 Å². The van der Waals surface area contributed by atoms with E-state index in [9.17, 15) is 0 Å². The van der Waals surface area contributed by atoms with Crippen molar-refractivity contribution < 1.29 is 0 Å². The van der Waals surface area contributed by atoms with E-state index >= 15 is 0 Å². The SMILES string of the molecule is Bc1c(B)c(B)c2c(B)c3c(C)c(C)c(C)cc3cc2c1B. The second kappa shape index (κ2) is 5.01. The van der Waals surface area contributed by atoms with Crippen LogP contribution >= 0.6 is 0 Å². The summed E-state index contributed by atoms with van der Waals surface area (Å²) >= 11 is 0. The lowest BCUT2D eigenvalue weighted by Crippen LogP contribution is -2.49. The van der Waals surface area contributed by atoms with E-state index in [0.717, 1.165) is 0 Å². The Labute approximate surface area is 138 Å². The fraction of sp³-hybridized carbons (Fsp3) is 0.176. The maximum atomic E-state index is 2.41. The third-order valence-corrected chi connectivity index (χ3v) is 5.98. The summed E-state index contributed by atoms with van der Waals surface area (Å²) in [5, 5.41) is 5.71. The second-order valence-corrected chi connectivity index (χ2v) is 6.97. The summed E-state index contributed by atoms with van der Waals surface area (Å²) in [7, 11) is 11.4. The molecule has 0 nitrogen and oxygen atoms in total. The van der Waals surface area contributed by atoms with E-state index in [0.29, 0.717) is 0 Å². The minimum absolute atomic E-state index is 1.39. The van der Waals surface area contributed by atoms with Gasteiger partial charge in [-0.2, -0.15) is 0 Å². The van der Waals surface area contributed by atoms with Gasteiger partial charge in [0.05, 0.1) is 0 Å². The highest BCUT2D eigenvalue weighted by Crippen LogP contribution is 2.25. The predicted octanol–water partition coefficient (Wildman–Crippen LogP) is -3.79. The normalized spacial score (nSPS) is 11.4. The molecule has 0 fully saturated rings. The monoisotopic (exact) mass is 280 g/mol. The van der Waals surface area contributed by atoms with Crippen LogP contribution in [0, 0.1) is 20.8 Å². The van der Waals surface area contributed by atoms with Crippen molar-refractivity contribution in [3.05, 3.63) is 28.8 Å². The molecule has 0 saturated carbocycles. The van der Waals surface area contributed by atoms with Crippen molar-refractivity contribution in [1.29, 1.82) is 0 Å². The first kappa shape index (κ1) is 15.4. The summed E-state index contributed by atoms with van der Waals surface area (Å²) in [5.74, 6) is 0. The van der Waals surface area contributed by atoms with Crippen LogP contribution in [0.25, 0.3) is 21.5 Å². The molecule has 3 aromatic rings. The van der Waals surface area contributed by atoms with Crippen molar-refractivity contribution in [2.75, 3.05) is 0 Å². The average molecular weight is 279 g/mol. The Bertz CT molecular complexity index is 957. The van der Waals surface area contributed by atoms with E-state index < -0.39 is 0 Å². The lowest BCUT2D eigenvalue weighted by atomic mass is 9.62. The molecule has 0 unspecified atom stereocenters. The van der Waals surface area contributed by atoms with Crippen molar-refractivity contribution in [2.24, 2.45) is 0 Å². The predicted molar refractivity (Wildman–Crippen MR) is 117 cm³/mol. The van der Waals surface area contributed by atoms with Gasteiger partial charge in [0.25, 0.3) is 0 Å². The van der Waals surface area contributed by atoms with Gasteiger partial charge in [-0.25, -0.2) is 0 Å². The molecule has 0 aliphatic rings. The zero-order chi connectivity index (χ0) is 16.3. The summed E-state index contributed by atoms with van der Waals surface area (Å²) in [4.78, 5) is 0. The molecule has 0 aliphatic heterocycles. The summed E-state index contributed by atoms with van der Waals surface area (Å²) < 4.78 is 0. The van der Waals surface area contributed by atoms with Gasteiger partial charge in [0.2, 0.25) is 0 Å². The molecule has 3 aromatic carbocycles. The van der Waals surface area contributed by atoms with Gasteiger partial charge in [-0.3, -0.25) is 0 Å². The highest BCUT2D eigenvalue weighted by molar-refractivity contribution is 6.68. The summed E-state index contributed by atoms with van der Waals surface area (Å²) in [6.07, 6.45) is 0. The van der Waals surface area contributed by atoms with Crippen molar-refractivity contribution in [3.8, 4) is 0 Å². The van der Waals surface area contributed by atoms with Crippen LogP contribution in [0.1, 0.15) is 16.7 Å². The maximum Gasteiger partial charge on any atom is 0.140 e. The minimum atomic E-state index is 1.39. The number of aryl methyl sites for hydroxylation is 2. The Balaban J connectivity index is 2.68. The van der Waals surface area contributed by atoms with Crippen LogP contribution in [0.4, 0.5) is 0 Å². The molecule has 0 atom stereocenters. The van der Waals surface area contributed by atoms with E-state index in [-0.39, 0.29) is 0 Å². The van der Waals surface area contributed by atoms with Crippen LogP contribution in [0.3, 0.4) is 0 Å². The summed E-state index contributed by atoms with van der Waals surface area (Å²) in [6, 6.07) is 4.76. The maximum absolute atomic E-state index is 2.41. The first-order valence-corrected chi connectivity index (χ1v) is 8.15. The third kappa shape index (κ3) is 1.91. The van der Waals surface area contributed by atoms with Gasteiger partial charge >= 0.3 is 0 Å². The molecular weight excluding hydrogens is 258 g/mol. The molecule has 0 aliphatic carbocycles. The smallest absolute Gasteiger partial charge is 0.101 e. The number of benzene rings is 3. The van der Waals surface area contributed by atoms with Gasteiger partial charge in [0.1, 0.15) is 39.2 Å². The first-order chi connectivity index (χ1) is 10.3. The molecule has 0 heterocycles. The van der Waals surface area contributed by atoms with Crippen LogP contribution in [0.15, 0.2) is 12.1 Å². The fourth-order valence-corrected chi connectivity index (χ4v) is 4.01. The van der Waals surface area contributed by atoms with Gasteiger partial charge in [-0.05, 0) is 65.1 Å². The molecule has 0 spiro atoms. The molecule has 0 bridgehead atoms. The molecule has 3 rings (SSSR count). The van der Waals surface area contributed by atoms with E-state index in [4.69, 9.17) is 0 Å². The largest absolute Gasteiger partial charge is 0.140 e. The fourth-order valence-electron chi connectivity index (χ4n) is 4.01. The van der Waals surface area contributed by atoms with E-state index in [1.54, 1.807) is 0 Å². The quantitative estimate of drug-likeness (QED) is 0.293. The van der Waals surface area contributed by atoms with Gasteiger partial charge in [-0.15, -0.1) is 10.9 Å².